The normalized spacial score (nSPS) is 14.9. The fourth-order valence-electron chi connectivity index (χ4n) is 1.05. The van der Waals surface area contributed by atoms with Crippen LogP contribution in [-0.2, 0) is 9.53 Å². The average molecular weight is 172 g/mol. The molecule has 3 heteroatoms. The first kappa shape index (κ1) is 11.2. The Morgan fingerprint density at radius 3 is 2.67 bits per heavy atom. The molecule has 12 heavy (non-hydrogen) atoms. The van der Waals surface area contributed by atoms with Crippen molar-refractivity contribution in [3.8, 4) is 0 Å². The second-order valence-electron chi connectivity index (χ2n) is 2.64. The summed E-state index contributed by atoms with van der Waals surface area (Å²) in [6.07, 6.45) is 2.03. The predicted molar refractivity (Wildman–Crippen MR) is 46.6 cm³/mol. The van der Waals surface area contributed by atoms with Crippen LogP contribution in [-0.4, -0.2) is 24.3 Å². The van der Waals surface area contributed by atoms with Crippen molar-refractivity contribution in [2.75, 3.05) is 7.11 Å². The van der Waals surface area contributed by atoms with Gasteiger partial charge in [0.25, 0.3) is 0 Å². The van der Waals surface area contributed by atoms with E-state index in [1.54, 1.807) is 0 Å². The Labute approximate surface area is 73.0 Å². The van der Waals surface area contributed by atoms with Gasteiger partial charge in [-0.2, -0.15) is 0 Å². The molecule has 3 nitrogen and oxygen atoms in total. The lowest BCUT2D eigenvalue weighted by molar-refractivity contribution is -0.148. The van der Waals surface area contributed by atoms with Crippen LogP contribution in [0, 0.1) is 5.92 Å². The van der Waals surface area contributed by atoms with E-state index in [-0.39, 0.29) is 5.97 Å². The third-order valence-electron chi connectivity index (χ3n) is 1.76. The number of ether oxygens (including phenoxy) is 1. The number of aliphatic hydroxyl groups excluding tert-OH is 1. The summed E-state index contributed by atoms with van der Waals surface area (Å²) in [6.45, 7) is 5.37. The van der Waals surface area contributed by atoms with Crippen molar-refractivity contribution in [1.29, 1.82) is 0 Å². The highest BCUT2D eigenvalue weighted by molar-refractivity contribution is 5.73. The Balaban J connectivity index is 4.20. The molecular formula is C9H16O3. The Morgan fingerprint density at radius 2 is 2.33 bits per heavy atom. The second kappa shape index (κ2) is 5.77. The fraction of sp³-hybridized carbons (Fsp3) is 0.667. The molecule has 0 aliphatic carbocycles. The van der Waals surface area contributed by atoms with E-state index in [0.717, 1.165) is 6.42 Å². The molecule has 0 aromatic heterocycles. The van der Waals surface area contributed by atoms with Crippen molar-refractivity contribution in [1.82, 2.24) is 0 Å². The van der Waals surface area contributed by atoms with E-state index in [1.165, 1.54) is 13.2 Å². The van der Waals surface area contributed by atoms with Gasteiger partial charge in [0.05, 0.1) is 19.1 Å². The fourth-order valence-corrected chi connectivity index (χ4v) is 1.05. The van der Waals surface area contributed by atoms with E-state index in [9.17, 15) is 9.90 Å². The maximum absolute atomic E-state index is 11.1. The van der Waals surface area contributed by atoms with E-state index in [0.29, 0.717) is 6.42 Å². The van der Waals surface area contributed by atoms with Gasteiger partial charge in [0.2, 0.25) is 0 Å². The van der Waals surface area contributed by atoms with Crippen LogP contribution in [0.15, 0.2) is 12.7 Å². The molecule has 0 amide bonds. The van der Waals surface area contributed by atoms with Gasteiger partial charge in [-0.05, 0) is 6.42 Å². The highest BCUT2D eigenvalue weighted by Gasteiger charge is 2.24. The lowest BCUT2D eigenvalue weighted by Crippen LogP contribution is -2.27. The standard InChI is InChI=1S/C9H16O3/c1-4-6-7(8(10)5-2)9(11)12-3/h5,7-8,10H,2,4,6H2,1,3H3/t7-,8-/m0/s1. The molecule has 0 bridgehead atoms. The number of hydrogen-bond donors (Lipinski definition) is 1. The molecular weight excluding hydrogens is 156 g/mol. The van der Waals surface area contributed by atoms with Crippen molar-refractivity contribution in [3.05, 3.63) is 12.7 Å². The summed E-state index contributed by atoms with van der Waals surface area (Å²) >= 11 is 0. The van der Waals surface area contributed by atoms with Crippen LogP contribution < -0.4 is 0 Å². The van der Waals surface area contributed by atoms with Crippen molar-refractivity contribution >= 4 is 5.97 Å². The topological polar surface area (TPSA) is 46.5 Å². The zero-order valence-corrected chi connectivity index (χ0v) is 7.62. The van der Waals surface area contributed by atoms with Crippen molar-refractivity contribution in [2.45, 2.75) is 25.9 Å². The van der Waals surface area contributed by atoms with Crippen molar-refractivity contribution in [3.63, 3.8) is 0 Å². The molecule has 70 valence electrons. The molecule has 0 aliphatic rings. The van der Waals surface area contributed by atoms with Crippen molar-refractivity contribution in [2.24, 2.45) is 5.92 Å². The molecule has 0 saturated heterocycles. The van der Waals surface area contributed by atoms with Crippen LogP contribution in [0.1, 0.15) is 19.8 Å². The highest BCUT2D eigenvalue weighted by atomic mass is 16.5. The molecule has 0 saturated carbocycles. The zero-order valence-electron chi connectivity index (χ0n) is 7.62. The molecule has 0 aromatic rings. The van der Waals surface area contributed by atoms with E-state index < -0.39 is 12.0 Å². The number of aliphatic hydroxyl groups is 1. The van der Waals surface area contributed by atoms with Crippen molar-refractivity contribution < 1.29 is 14.6 Å². The Kier molecular flexibility index (Phi) is 5.37. The summed E-state index contributed by atoms with van der Waals surface area (Å²) in [5.41, 5.74) is 0. The van der Waals surface area contributed by atoms with Crippen LogP contribution in [0.25, 0.3) is 0 Å². The summed E-state index contributed by atoms with van der Waals surface area (Å²) in [5.74, 6) is -0.832. The van der Waals surface area contributed by atoms with E-state index in [1.807, 2.05) is 6.92 Å². The first-order valence-electron chi connectivity index (χ1n) is 4.05. The van der Waals surface area contributed by atoms with Gasteiger partial charge in [-0.3, -0.25) is 4.79 Å². The third kappa shape index (κ3) is 3.05. The van der Waals surface area contributed by atoms with Gasteiger partial charge in [-0.1, -0.05) is 19.4 Å². The number of methoxy groups -OCH3 is 1. The summed E-state index contributed by atoms with van der Waals surface area (Å²) in [6, 6.07) is 0. The van der Waals surface area contributed by atoms with Crippen LogP contribution in [0.4, 0.5) is 0 Å². The van der Waals surface area contributed by atoms with Gasteiger partial charge < -0.3 is 9.84 Å². The molecule has 0 heterocycles. The highest BCUT2D eigenvalue weighted by Crippen LogP contribution is 2.13. The van der Waals surface area contributed by atoms with Gasteiger partial charge in [0.1, 0.15) is 0 Å². The second-order valence-corrected chi connectivity index (χ2v) is 2.64. The summed E-state index contributed by atoms with van der Waals surface area (Å²) in [5, 5.41) is 9.33. The maximum atomic E-state index is 11.1. The SMILES string of the molecule is C=C[C@H](O)[C@H](CCC)C(=O)OC. The first-order chi connectivity index (χ1) is 5.67. The summed E-state index contributed by atoms with van der Waals surface area (Å²) in [4.78, 5) is 11.1. The van der Waals surface area contributed by atoms with E-state index >= 15 is 0 Å². The molecule has 0 aliphatic heterocycles. The Bertz CT molecular complexity index is 154. The van der Waals surface area contributed by atoms with Gasteiger partial charge in [0.15, 0.2) is 0 Å². The minimum Gasteiger partial charge on any atom is -0.469 e. The molecule has 0 rings (SSSR count). The number of carbonyl (C=O) groups excluding carboxylic acids is 1. The number of carbonyl (C=O) groups is 1. The molecule has 0 radical (unpaired) electrons. The minimum atomic E-state index is -0.794. The molecule has 0 aromatic carbocycles. The Morgan fingerprint density at radius 1 is 1.75 bits per heavy atom. The zero-order chi connectivity index (χ0) is 9.56. The lowest BCUT2D eigenvalue weighted by Gasteiger charge is -2.16. The molecule has 1 N–H and O–H groups in total. The predicted octanol–water partition coefficient (Wildman–Crippen LogP) is 1.12. The molecule has 0 spiro atoms. The largest absolute Gasteiger partial charge is 0.469 e. The molecule has 0 fully saturated rings. The minimum absolute atomic E-state index is 0.371. The van der Waals surface area contributed by atoms with Crippen LogP contribution in [0.3, 0.4) is 0 Å². The Hall–Kier alpha value is -0.830. The summed E-state index contributed by atoms with van der Waals surface area (Å²) in [7, 11) is 1.32. The molecule has 0 unspecified atom stereocenters. The van der Waals surface area contributed by atoms with Gasteiger partial charge in [-0.15, -0.1) is 6.58 Å². The van der Waals surface area contributed by atoms with Crippen LogP contribution in [0.2, 0.25) is 0 Å². The number of esters is 1. The molecule has 2 atom stereocenters. The average Bonchev–Trinajstić information content (AvgIpc) is 2.11. The number of hydrogen-bond acceptors (Lipinski definition) is 3. The van der Waals surface area contributed by atoms with Crippen LogP contribution in [0.5, 0.6) is 0 Å². The number of rotatable bonds is 5. The first-order valence-corrected chi connectivity index (χ1v) is 4.05. The van der Waals surface area contributed by atoms with Gasteiger partial charge >= 0.3 is 5.97 Å². The van der Waals surface area contributed by atoms with Gasteiger partial charge in [-0.25, -0.2) is 0 Å². The van der Waals surface area contributed by atoms with Crippen LogP contribution >= 0.6 is 0 Å². The quantitative estimate of drug-likeness (QED) is 0.499. The summed E-state index contributed by atoms with van der Waals surface area (Å²) < 4.78 is 4.54. The smallest absolute Gasteiger partial charge is 0.311 e. The third-order valence-corrected chi connectivity index (χ3v) is 1.76. The maximum Gasteiger partial charge on any atom is 0.311 e. The monoisotopic (exact) mass is 172 g/mol. The lowest BCUT2D eigenvalue weighted by atomic mass is 9.97. The van der Waals surface area contributed by atoms with E-state index in [2.05, 4.69) is 11.3 Å². The van der Waals surface area contributed by atoms with Gasteiger partial charge in [0, 0.05) is 0 Å². The van der Waals surface area contributed by atoms with E-state index in [4.69, 9.17) is 0 Å².